The molecule has 0 amide bonds. The molecule has 0 atom stereocenters. The van der Waals surface area contributed by atoms with Crippen LogP contribution in [0.5, 0.6) is 0 Å². The molecule has 0 heterocycles. The lowest BCUT2D eigenvalue weighted by atomic mass is 10.2. The van der Waals surface area contributed by atoms with Crippen molar-refractivity contribution < 1.29 is 4.74 Å². The summed E-state index contributed by atoms with van der Waals surface area (Å²) < 4.78 is 6.71. The van der Waals surface area contributed by atoms with E-state index in [0.717, 1.165) is 43.1 Å². The van der Waals surface area contributed by atoms with Gasteiger partial charge in [-0.1, -0.05) is 28.1 Å². The number of rotatable bonds is 8. The number of hydrogen-bond acceptors (Lipinski definition) is 2. The highest BCUT2D eigenvalue weighted by molar-refractivity contribution is 9.10. The smallest absolute Gasteiger partial charge is 0.0494 e. The van der Waals surface area contributed by atoms with Crippen LogP contribution in [0.1, 0.15) is 24.8 Å². The lowest BCUT2D eigenvalue weighted by molar-refractivity contribution is 0.122. The molecule has 0 unspecified atom stereocenters. The molecule has 1 aliphatic rings. The summed E-state index contributed by atoms with van der Waals surface area (Å²) in [7, 11) is 0. The van der Waals surface area contributed by atoms with E-state index in [4.69, 9.17) is 4.74 Å². The fourth-order valence-corrected chi connectivity index (χ4v) is 1.93. The van der Waals surface area contributed by atoms with Crippen LogP contribution in [0.25, 0.3) is 0 Å². The SMILES string of the molecule is Brc1ccc(CNCCCOCC2CC2)cc1. The quantitative estimate of drug-likeness (QED) is 0.743. The fourth-order valence-electron chi connectivity index (χ4n) is 1.67. The van der Waals surface area contributed by atoms with Crippen molar-refractivity contribution in [3.8, 4) is 0 Å². The van der Waals surface area contributed by atoms with Gasteiger partial charge in [-0.3, -0.25) is 0 Å². The molecule has 0 aromatic heterocycles. The van der Waals surface area contributed by atoms with Gasteiger partial charge in [0.05, 0.1) is 0 Å². The highest BCUT2D eigenvalue weighted by Crippen LogP contribution is 2.28. The average molecular weight is 298 g/mol. The molecule has 0 saturated heterocycles. The summed E-state index contributed by atoms with van der Waals surface area (Å²) in [6.45, 7) is 3.84. The largest absolute Gasteiger partial charge is 0.381 e. The van der Waals surface area contributed by atoms with E-state index in [1.165, 1.54) is 18.4 Å². The van der Waals surface area contributed by atoms with E-state index < -0.39 is 0 Å². The first kappa shape index (κ1) is 13.1. The number of hydrogen-bond donors (Lipinski definition) is 1. The summed E-state index contributed by atoms with van der Waals surface area (Å²) in [5.74, 6) is 0.880. The molecular weight excluding hydrogens is 278 g/mol. The second-order valence-electron chi connectivity index (χ2n) is 4.68. The Labute approximate surface area is 112 Å². The van der Waals surface area contributed by atoms with Crippen LogP contribution >= 0.6 is 15.9 Å². The molecule has 1 fully saturated rings. The van der Waals surface area contributed by atoms with Crippen molar-refractivity contribution in [1.29, 1.82) is 0 Å². The standard InChI is InChI=1S/C14H20BrNO/c15-14-6-4-12(5-7-14)10-16-8-1-9-17-11-13-2-3-13/h4-7,13,16H,1-3,8-11H2. The van der Waals surface area contributed by atoms with Gasteiger partial charge in [0, 0.05) is 24.2 Å². The highest BCUT2D eigenvalue weighted by atomic mass is 79.9. The van der Waals surface area contributed by atoms with Gasteiger partial charge < -0.3 is 10.1 Å². The number of ether oxygens (including phenoxy) is 1. The van der Waals surface area contributed by atoms with Crippen LogP contribution in [-0.2, 0) is 11.3 Å². The molecular formula is C14H20BrNO. The Kier molecular flexibility index (Phi) is 5.49. The average Bonchev–Trinajstić information content (AvgIpc) is 3.14. The van der Waals surface area contributed by atoms with Crippen LogP contribution in [0.3, 0.4) is 0 Å². The Bertz CT molecular complexity index is 321. The van der Waals surface area contributed by atoms with Crippen LogP contribution in [0.4, 0.5) is 0 Å². The van der Waals surface area contributed by atoms with Gasteiger partial charge in [-0.05, 0) is 49.4 Å². The second kappa shape index (κ2) is 7.14. The normalized spacial score (nSPS) is 15.1. The predicted molar refractivity (Wildman–Crippen MR) is 74.0 cm³/mol. The van der Waals surface area contributed by atoms with E-state index in [1.54, 1.807) is 0 Å². The summed E-state index contributed by atoms with van der Waals surface area (Å²) >= 11 is 3.44. The summed E-state index contributed by atoms with van der Waals surface area (Å²) in [6, 6.07) is 8.44. The van der Waals surface area contributed by atoms with Crippen LogP contribution in [-0.4, -0.2) is 19.8 Å². The highest BCUT2D eigenvalue weighted by Gasteiger charge is 2.20. The predicted octanol–water partition coefficient (Wildman–Crippen LogP) is 3.36. The summed E-state index contributed by atoms with van der Waals surface area (Å²) in [6.07, 6.45) is 3.85. The van der Waals surface area contributed by atoms with Crippen molar-refractivity contribution in [3.63, 3.8) is 0 Å². The maximum atomic E-state index is 5.58. The third-order valence-corrected chi connectivity index (χ3v) is 3.46. The Morgan fingerprint density at radius 3 is 2.71 bits per heavy atom. The number of benzene rings is 1. The minimum Gasteiger partial charge on any atom is -0.381 e. The zero-order chi connectivity index (χ0) is 11.9. The van der Waals surface area contributed by atoms with Crippen molar-refractivity contribution in [2.75, 3.05) is 19.8 Å². The topological polar surface area (TPSA) is 21.3 Å². The van der Waals surface area contributed by atoms with E-state index >= 15 is 0 Å². The van der Waals surface area contributed by atoms with Crippen LogP contribution < -0.4 is 5.32 Å². The van der Waals surface area contributed by atoms with Gasteiger partial charge in [-0.15, -0.1) is 0 Å². The summed E-state index contributed by atoms with van der Waals surface area (Å²) in [4.78, 5) is 0. The lowest BCUT2D eigenvalue weighted by Crippen LogP contribution is -2.16. The van der Waals surface area contributed by atoms with Crippen molar-refractivity contribution in [2.24, 2.45) is 5.92 Å². The molecule has 1 aliphatic carbocycles. The van der Waals surface area contributed by atoms with Gasteiger partial charge in [0.25, 0.3) is 0 Å². The van der Waals surface area contributed by atoms with Crippen molar-refractivity contribution >= 4 is 15.9 Å². The van der Waals surface area contributed by atoms with Gasteiger partial charge in [-0.2, -0.15) is 0 Å². The van der Waals surface area contributed by atoms with Crippen molar-refractivity contribution in [2.45, 2.75) is 25.8 Å². The minimum absolute atomic E-state index is 0.880. The zero-order valence-corrected chi connectivity index (χ0v) is 11.7. The molecule has 1 saturated carbocycles. The molecule has 1 aromatic carbocycles. The van der Waals surface area contributed by atoms with E-state index in [0.29, 0.717) is 0 Å². The van der Waals surface area contributed by atoms with Crippen molar-refractivity contribution in [3.05, 3.63) is 34.3 Å². The molecule has 1 N–H and O–H groups in total. The fraction of sp³-hybridized carbons (Fsp3) is 0.571. The van der Waals surface area contributed by atoms with Gasteiger partial charge in [0.2, 0.25) is 0 Å². The molecule has 94 valence electrons. The number of halogens is 1. The van der Waals surface area contributed by atoms with Gasteiger partial charge in [0.1, 0.15) is 0 Å². The van der Waals surface area contributed by atoms with Crippen LogP contribution in [0, 0.1) is 5.92 Å². The zero-order valence-electron chi connectivity index (χ0n) is 10.1. The Balaban J connectivity index is 1.46. The Hall–Kier alpha value is -0.380. The maximum absolute atomic E-state index is 5.58. The third-order valence-electron chi connectivity index (χ3n) is 2.94. The minimum atomic E-state index is 0.880. The molecule has 1 aromatic rings. The molecule has 0 radical (unpaired) electrons. The molecule has 0 bridgehead atoms. The Morgan fingerprint density at radius 1 is 1.24 bits per heavy atom. The summed E-state index contributed by atoms with van der Waals surface area (Å²) in [5, 5.41) is 3.43. The first-order chi connectivity index (χ1) is 8.34. The van der Waals surface area contributed by atoms with E-state index in [-0.39, 0.29) is 0 Å². The van der Waals surface area contributed by atoms with Crippen molar-refractivity contribution in [1.82, 2.24) is 5.32 Å². The molecule has 2 rings (SSSR count). The van der Waals surface area contributed by atoms with E-state index in [2.05, 4.69) is 45.5 Å². The number of nitrogens with one attached hydrogen (secondary N) is 1. The van der Waals surface area contributed by atoms with E-state index in [9.17, 15) is 0 Å². The molecule has 0 spiro atoms. The first-order valence-electron chi connectivity index (χ1n) is 6.37. The molecule has 2 nitrogen and oxygen atoms in total. The third kappa shape index (κ3) is 5.66. The van der Waals surface area contributed by atoms with Gasteiger partial charge in [0.15, 0.2) is 0 Å². The summed E-state index contributed by atoms with van der Waals surface area (Å²) in [5.41, 5.74) is 1.33. The second-order valence-corrected chi connectivity index (χ2v) is 5.59. The van der Waals surface area contributed by atoms with E-state index in [1.807, 2.05) is 0 Å². The van der Waals surface area contributed by atoms with Crippen LogP contribution in [0.2, 0.25) is 0 Å². The van der Waals surface area contributed by atoms with Gasteiger partial charge >= 0.3 is 0 Å². The molecule has 3 heteroatoms. The molecule has 17 heavy (non-hydrogen) atoms. The maximum Gasteiger partial charge on any atom is 0.0494 e. The molecule has 0 aliphatic heterocycles. The first-order valence-corrected chi connectivity index (χ1v) is 7.17. The van der Waals surface area contributed by atoms with Gasteiger partial charge in [-0.25, -0.2) is 0 Å². The van der Waals surface area contributed by atoms with Crippen LogP contribution in [0.15, 0.2) is 28.7 Å². The monoisotopic (exact) mass is 297 g/mol. The lowest BCUT2D eigenvalue weighted by Gasteiger charge is -2.06. The Morgan fingerprint density at radius 2 is 2.00 bits per heavy atom.